The highest BCUT2D eigenvalue weighted by Gasteiger charge is 2.26. The standard InChI is InChI=1S/C23H29N3O5S/c1-5-31-22(28)20-13(2)26-21(24-15-9-7-6-8-10-15)18(25-23(26)32-20)14-11-16(29-3)19(27)17(12-14)30-4/h11-12,15,24,27H,5-10H2,1-4H3. The molecule has 32 heavy (non-hydrogen) atoms. The van der Waals surface area contributed by atoms with Crippen LogP contribution in [0.25, 0.3) is 16.2 Å². The Morgan fingerprint density at radius 1 is 1.22 bits per heavy atom. The van der Waals surface area contributed by atoms with Gasteiger partial charge in [-0.25, -0.2) is 9.78 Å². The number of imidazole rings is 1. The van der Waals surface area contributed by atoms with Gasteiger partial charge in [-0.15, -0.1) is 0 Å². The number of hydrogen-bond donors (Lipinski definition) is 2. The zero-order valence-corrected chi connectivity index (χ0v) is 19.7. The minimum Gasteiger partial charge on any atom is -0.502 e. The number of nitrogens with one attached hydrogen (secondary N) is 1. The number of thiazole rings is 1. The molecule has 2 heterocycles. The van der Waals surface area contributed by atoms with E-state index in [0.717, 1.165) is 35.6 Å². The van der Waals surface area contributed by atoms with Crippen molar-refractivity contribution in [1.82, 2.24) is 9.38 Å². The molecule has 0 saturated heterocycles. The Hall–Kier alpha value is -2.94. The third-order valence-electron chi connectivity index (χ3n) is 5.86. The molecule has 1 saturated carbocycles. The van der Waals surface area contributed by atoms with Crippen LogP contribution < -0.4 is 14.8 Å². The van der Waals surface area contributed by atoms with E-state index in [1.807, 2.05) is 11.3 Å². The molecule has 8 nitrogen and oxygen atoms in total. The Morgan fingerprint density at radius 2 is 1.88 bits per heavy atom. The molecule has 3 aromatic rings. The zero-order chi connectivity index (χ0) is 22.8. The van der Waals surface area contributed by atoms with E-state index in [2.05, 4.69) is 5.32 Å². The van der Waals surface area contributed by atoms with Crippen LogP contribution in [-0.4, -0.2) is 47.3 Å². The van der Waals surface area contributed by atoms with Gasteiger partial charge in [-0.1, -0.05) is 30.6 Å². The highest BCUT2D eigenvalue weighted by molar-refractivity contribution is 7.19. The number of rotatable bonds is 7. The summed E-state index contributed by atoms with van der Waals surface area (Å²) in [6.45, 7) is 4.03. The summed E-state index contributed by atoms with van der Waals surface area (Å²) in [6.07, 6.45) is 5.80. The number of benzene rings is 1. The lowest BCUT2D eigenvalue weighted by atomic mass is 9.95. The molecule has 4 rings (SSSR count). The first-order valence-corrected chi connectivity index (χ1v) is 11.7. The van der Waals surface area contributed by atoms with E-state index in [4.69, 9.17) is 19.2 Å². The van der Waals surface area contributed by atoms with Gasteiger partial charge in [-0.05, 0) is 38.8 Å². The molecule has 172 valence electrons. The fourth-order valence-corrected chi connectivity index (χ4v) is 5.26. The number of phenols is 1. The molecule has 1 aliphatic carbocycles. The van der Waals surface area contributed by atoms with Gasteiger partial charge >= 0.3 is 5.97 Å². The highest BCUT2D eigenvalue weighted by atomic mass is 32.1. The number of hydrogen-bond acceptors (Lipinski definition) is 8. The lowest BCUT2D eigenvalue weighted by Crippen LogP contribution is -2.23. The van der Waals surface area contributed by atoms with Crippen molar-refractivity contribution in [2.75, 3.05) is 26.1 Å². The number of aromatic hydroxyl groups is 1. The molecule has 0 bridgehead atoms. The van der Waals surface area contributed by atoms with Gasteiger partial charge in [-0.3, -0.25) is 4.40 Å². The van der Waals surface area contributed by atoms with Crippen molar-refractivity contribution in [3.05, 3.63) is 22.7 Å². The number of ether oxygens (including phenoxy) is 3. The Labute approximate surface area is 191 Å². The van der Waals surface area contributed by atoms with Crippen molar-refractivity contribution >= 4 is 28.1 Å². The van der Waals surface area contributed by atoms with Crippen LogP contribution in [0.3, 0.4) is 0 Å². The zero-order valence-electron chi connectivity index (χ0n) is 18.9. The van der Waals surface area contributed by atoms with Crippen LogP contribution in [0.5, 0.6) is 17.2 Å². The Morgan fingerprint density at radius 3 is 2.47 bits per heavy atom. The van der Waals surface area contributed by atoms with E-state index in [0.29, 0.717) is 34.0 Å². The first-order chi connectivity index (χ1) is 15.5. The van der Waals surface area contributed by atoms with Crippen molar-refractivity contribution < 1.29 is 24.1 Å². The molecular formula is C23H29N3O5S. The van der Waals surface area contributed by atoms with Crippen LogP contribution in [0.1, 0.15) is 54.4 Å². The molecule has 1 fully saturated rings. The normalized spacial score (nSPS) is 14.5. The lowest BCUT2D eigenvalue weighted by Gasteiger charge is -2.24. The van der Waals surface area contributed by atoms with E-state index in [1.165, 1.54) is 44.8 Å². The Bertz CT molecular complexity index is 1110. The van der Waals surface area contributed by atoms with E-state index >= 15 is 0 Å². The van der Waals surface area contributed by atoms with Crippen LogP contribution in [0, 0.1) is 6.92 Å². The second kappa shape index (κ2) is 9.28. The summed E-state index contributed by atoms with van der Waals surface area (Å²) in [4.78, 5) is 18.6. The van der Waals surface area contributed by atoms with Crippen molar-refractivity contribution in [2.24, 2.45) is 0 Å². The first kappa shape index (κ1) is 22.3. The highest BCUT2D eigenvalue weighted by Crippen LogP contribution is 2.43. The second-order valence-electron chi connectivity index (χ2n) is 7.87. The number of fused-ring (bicyclic) bond motifs is 1. The second-order valence-corrected chi connectivity index (χ2v) is 8.85. The maximum atomic E-state index is 12.5. The summed E-state index contributed by atoms with van der Waals surface area (Å²) in [7, 11) is 3.00. The number of nitrogens with zero attached hydrogens (tertiary/aromatic N) is 2. The summed E-state index contributed by atoms with van der Waals surface area (Å²) in [5.41, 5.74) is 2.26. The Balaban J connectivity index is 1.88. The molecular weight excluding hydrogens is 430 g/mol. The van der Waals surface area contributed by atoms with Gasteiger partial charge in [0.15, 0.2) is 16.5 Å². The number of carbonyl (C=O) groups excluding carboxylic acids is 1. The molecule has 0 amide bonds. The molecule has 1 aliphatic rings. The van der Waals surface area contributed by atoms with E-state index in [-0.39, 0.29) is 11.7 Å². The van der Waals surface area contributed by atoms with Crippen molar-refractivity contribution in [1.29, 1.82) is 0 Å². The minimum absolute atomic E-state index is 0.0534. The van der Waals surface area contributed by atoms with Crippen LogP contribution in [-0.2, 0) is 4.74 Å². The number of aromatic nitrogens is 2. The predicted molar refractivity (Wildman–Crippen MR) is 124 cm³/mol. The van der Waals surface area contributed by atoms with Crippen LogP contribution >= 0.6 is 11.3 Å². The number of phenolic OH excluding ortho intramolecular Hbond substituents is 1. The van der Waals surface area contributed by atoms with Crippen LogP contribution in [0.15, 0.2) is 12.1 Å². The minimum atomic E-state index is -0.335. The third-order valence-corrected chi connectivity index (χ3v) is 6.99. The SMILES string of the molecule is CCOC(=O)c1sc2nc(-c3cc(OC)c(O)c(OC)c3)c(NC3CCCCC3)n2c1C. The summed E-state index contributed by atoms with van der Waals surface area (Å²) >= 11 is 1.31. The molecule has 2 N–H and O–H groups in total. The monoisotopic (exact) mass is 459 g/mol. The first-order valence-electron chi connectivity index (χ1n) is 10.9. The predicted octanol–water partition coefficient (Wildman–Crippen LogP) is 5.02. The molecule has 1 aromatic carbocycles. The quantitative estimate of drug-likeness (QED) is 0.479. The van der Waals surface area contributed by atoms with Gasteiger partial charge in [0.1, 0.15) is 16.4 Å². The fourth-order valence-electron chi connectivity index (χ4n) is 4.24. The fraction of sp³-hybridized carbons (Fsp3) is 0.478. The summed E-state index contributed by atoms with van der Waals surface area (Å²) in [5.74, 6) is 1.05. The number of esters is 1. The summed E-state index contributed by atoms with van der Waals surface area (Å²) in [5, 5.41) is 14.0. The maximum Gasteiger partial charge on any atom is 0.350 e. The van der Waals surface area contributed by atoms with Gasteiger partial charge in [0.25, 0.3) is 0 Å². The van der Waals surface area contributed by atoms with Crippen molar-refractivity contribution in [3.63, 3.8) is 0 Å². The molecule has 0 aliphatic heterocycles. The van der Waals surface area contributed by atoms with Gasteiger partial charge in [0, 0.05) is 17.3 Å². The molecule has 0 radical (unpaired) electrons. The van der Waals surface area contributed by atoms with E-state index in [1.54, 1.807) is 19.1 Å². The number of anilines is 1. The molecule has 0 atom stereocenters. The third kappa shape index (κ3) is 3.97. The van der Waals surface area contributed by atoms with Gasteiger partial charge in [0.05, 0.1) is 20.8 Å². The number of carbonyl (C=O) groups is 1. The summed E-state index contributed by atoms with van der Waals surface area (Å²) < 4.78 is 17.9. The Kier molecular flexibility index (Phi) is 6.45. The smallest absolute Gasteiger partial charge is 0.350 e. The summed E-state index contributed by atoms with van der Waals surface area (Å²) in [6, 6.07) is 3.82. The molecule has 0 spiro atoms. The lowest BCUT2D eigenvalue weighted by molar-refractivity contribution is 0.0531. The average molecular weight is 460 g/mol. The van der Waals surface area contributed by atoms with Crippen LogP contribution in [0.4, 0.5) is 5.82 Å². The topological polar surface area (TPSA) is 94.3 Å². The van der Waals surface area contributed by atoms with Gasteiger partial charge in [-0.2, -0.15) is 0 Å². The van der Waals surface area contributed by atoms with Crippen LogP contribution in [0.2, 0.25) is 0 Å². The molecule has 9 heteroatoms. The number of methoxy groups -OCH3 is 2. The van der Waals surface area contributed by atoms with E-state index in [9.17, 15) is 9.90 Å². The molecule has 2 aromatic heterocycles. The van der Waals surface area contributed by atoms with E-state index < -0.39 is 0 Å². The van der Waals surface area contributed by atoms with Crippen molar-refractivity contribution in [2.45, 2.75) is 52.0 Å². The average Bonchev–Trinajstić information content (AvgIpc) is 3.32. The van der Waals surface area contributed by atoms with Gasteiger partial charge < -0.3 is 24.6 Å². The van der Waals surface area contributed by atoms with Gasteiger partial charge in [0.2, 0.25) is 5.75 Å². The molecule has 0 unspecified atom stereocenters. The number of aryl methyl sites for hydroxylation is 1. The van der Waals surface area contributed by atoms with Crippen molar-refractivity contribution in [3.8, 4) is 28.5 Å². The largest absolute Gasteiger partial charge is 0.502 e. The maximum absolute atomic E-state index is 12.5.